The fourth-order valence-electron chi connectivity index (χ4n) is 3.24. The highest BCUT2D eigenvalue weighted by Crippen LogP contribution is 2.33. The minimum absolute atomic E-state index is 0.0214. The van der Waals surface area contributed by atoms with Gasteiger partial charge in [0.25, 0.3) is 0 Å². The van der Waals surface area contributed by atoms with Crippen LogP contribution < -0.4 is 10.1 Å². The van der Waals surface area contributed by atoms with Gasteiger partial charge in [-0.2, -0.15) is 0 Å². The van der Waals surface area contributed by atoms with E-state index in [0.29, 0.717) is 25.1 Å². The van der Waals surface area contributed by atoms with Crippen molar-refractivity contribution in [2.75, 3.05) is 19.8 Å². The zero-order chi connectivity index (χ0) is 15.5. The lowest BCUT2D eigenvalue weighted by molar-refractivity contribution is 0.154. The van der Waals surface area contributed by atoms with Gasteiger partial charge in [-0.3, -0.25) is 0 Å². The van der Waals surface area contributed by atoms with Gasteiger partial charge in [-0.1, -0.05) is 12.1 Å². The molecule has 2 aliphatic rings. The molecule has 2 heterocycles. The van der Waals surface area contributed by atoms with E-state index in [1.807, 2.05) is 0 Å². The van der Waals surface area contributed by atoms with Crippen molar-refractivity contribution in [3.63, 3.8) is 0 Å². The number of rotatable bonds is 2. The van der Waals surface area contributed by atoms with E-state index < -0.39 is 5.82 Å². The van der Waals surface area contributed by atoms with E-state index >= 15 is 0 Å². The molecule has 0 aliphatic carbocycles. The molecular formula is C16H21FN2O3. The summed E-state index contributed by atoms with van der Waals surface area (Å²) in [5.74, 6) is -0.154. The van der Waals surface area contributed by atoms with Crippen molar-refractivity contribution in [3.05, 3.63) is 29.6 Å². The summed E-state index contributed by atoms with van der Waals surface area (Å²) in [6.07, 6.45) is 3.18. The Labute approximate surface area is 129 Å². The number of amides is 2. The molecule has 2 amide bonds. The molecule has 2 atom stereocenters. The lowest BCUT2D eigenvalue weighted by Gasteiger charge is -2.27. The number of aliphatic hydroxyl groups is 1. The molecule has 6 heteroatoms. The molecule has 0 spiro atoms. The number of benzene rings is 1. The zero-order valence-corrected chi connectivity index (χ0v) is 12.4. The zero-order valence-electron chi connectivity index (χ0n) is 12.4. The van der Waals surface area contributed by atoms with Crippen LogP contribution in [0.2, 0.25) is 0 Å². The Morgan fingerprint density at radius 3 is 3.09 bits per heavy atom. The lowest BCUT2D eigenvalue weighted by atomic mass is 10.0. The molecule has 120 valence electrons. The van der Waals surface area contributed by atoms with Gasteiger partial charge in [-0.15, -0.1) is 0 Å². The number of aliphatic hydroxyl groups excluding tert-OH is 1. The number of nitrogens with one attached hydrogen (secondary N) is 1. The largest absolute Gasteiger partial charge is 0.490 e. The molecule has 0 unspecified atom stereocenters. The van der Waals surface area contributed by atoms with Crippen molar-refractivity contribution < 1.29 is 19.0 Å². The van der Waals surface area contributed by atoms with Crippen molar-refractivity contribution in [1.29, 1.82) is 0 Å². The maximum Gasteiger partial charge on any atom is 0.318 e. The van der Waals surface area contributed by atoms with Gasteiger partial charge in [-0.05, 0) is 31.7 Å². The summed E-state index contributed by atoms with van der Waals surface area (Å²) in [6, 6.07) is 4.22. The van der Waals surface area contributed by atoms with Gasteiger partial charge in [0.2, 0.25) is 0 Å². The molecule has 1 aromatic carbocycles. The molecule has 0 saturated carbocycles. The van der Waals surface area contributed by atoms with Gasteiger partial charge in [0, 0.05) is 12.1 Å². The lowest BCUT2D eigenvalue weighted by Crippen LogP contribution is -2.45. The van der Waals surface area contributed by atoms with Gasteiger partial charge in [0.1, 0.15) is 0 Å². The second-order valence-corrected chi connectivity index (χ2v) is 5.82. The van der Waals surface area contributed by atoms with Gasteiger partial charge >= 0.3 is 6.03 Å². The average molecular weight is 308 g/mol. The normalized spacial score (nSPS) is 24.4. The van der Waals surface area contributed by atoms with Crippen LogP contribution in [0, 0.1) is 5.82 Å². The Balaban J connectivity index is 1.78. The molecular weight excluding hydrogens is 287 g/mol. The SMILES string of the molecule is O=C(N[C@H]1CCCOc2c(F)cccc21)N1CCC[C@H]1CO. The Hall–Kier alpha value is -1.82. The molecule has 1 saturated heterocycles. The first-order chi connectivity index (χ1) is 10.7. The van der Waals surface area contributed by atoms with Crippen LogP contribution in [0.15, 0.2) is 18.2 Å². The second-order valence-electron chi connectivity index (χ2n) is 5.82. The molecule has 3 rings (SSSR count). The smallest absolute Gasteiger partial charge is 0.318 e. The summed E-state index contributed by atoms with van der Waals surface area (Å²) in [5.41, 5.74) is 0.686. The average Bonchev–Trinajstić information content (AvgIpc) is 2.91. The Morgan fingerprint density at radius 1 is 1.41 bits per heavy atom. The second kappa shape index (κ2) is 6.52. The molecule has 1 aromatic rings. The first-order valence-corrected chi connectivity index (χ1v) is 7.80. The fraction of sp³-hybridized carbons (Fsp3) is 0.562. The molecule has 5 nitrogen and oxygen atoms in total. The fourth-order valence-corrected chi connectivity index (χ4v) is 3.24. The van der Waals surface area contributed by atoms with Crippen molar-refractivity contribution in [3.8, 4) is 5.75 Å². The first-order valence-electron chi connectivity index (χ1n) is 7.80. The number of carbonyl (C=O) groups is 1. The van der Waals surface area contributed by atoms with Crippen LogP contribution in [0.4, 0.5) is 9.18 Å². The summed E-state index contributed by atoms with van der Waals surface area (Å²) < 4.78 is 19.4. The van der Waals surface area contributed by atoms with E-state index in [4.69, 9.17) is 4.74 Å². The van der Waals surface area contributed by atoms with Crippen LogP contribution in [0.3, 0.4) is 0 Å². The summed E-state index contributed by atoms with van der Waals surface area (Å²) in [4.78, 5) is 14.1. The molecule has 2 N–H and O–H groups in total. The standard InChI is InChI=1S/C16H21FN2O3/c17-13-6-1-5-12-14(7-3-9-22-15(12)13)18-16(21)19-8-2-4-11(19)10-20/h1,5-6,11,14,20H,2-4,7-10H2,(H,18,21)/t11-,14-/m0/s1. The van der Waals surface area contributed by atoms with Crippen molar-refractivity contribution in [2.24, 2.45) is 0 Å². The summed E-state index contributed by atoms with van der Waals surface area (Å²) in [7, 11) is 0. The topological polar surface area (TPSA) is 61.8 Å². The Kier molecular flexibility index (Phi) is 4.47. The van der Waals surface area contributed by atoms with E-state index in [9.17, 15) is 14.3 Å². The third kappa shape index (κ3) is 2.88. The highest BCUT2D eigenvalue weighted by molar-refractivity contribution is 5.75. The quantitative estimate of drug-likeness (QED) is 0.880. The Morgan fingerprint density at radius 2 is 2.27 bits per heavy atom. The number of nitrogens with zero attached hydrogens (tertiary/aromatic N) is 1. The highest BCUT2D eigenvalue weighted by atomic mass is 19.1. The van der Waals surface area contributed by atoms with Gasteiger partial charge in [-0.25, -0.2) is 9.18 Å². The number of fused-ring (bicyclic) bond motifs is 1. The molecule has 0 radical (unpaired) electrons. The highest BCUT2D eigenvalue weighted by Gasteiger charge is 2.31. The van der Waals surface area contributed by atoms with Gasteiger partial charge in [0.15, 0.2) is 11.6 Å². The van der Waals surface area contributed by atoms with E-state index in [1.165, 1.54) is 6.07 Å². The number of likely N-dealkylation sites (tertiary alicyclic amines) is 1. The predicted molar refractivity (Wildman–Crippen MR) is 79.2 cm³/mol. The predicted octanol–water partition coefficient (Wildman–Crippen LogP) is 2.21. The molecule has 1 fully saturated rings. The number of ether oxygens (including phenoxy) is 1. The van der Waals surface area contributed by atoms with Crippen molar-refractivity contribution >= 4 is 6.03 Å². The maximum atomic E-state index is 13.9. The van der Waals surface area contributed by atoms with Crippen molar-refractivity contribution in [1.82, 2.24) is 10.2 Å². The monoisotopic (exact) mass is 308 g/mol. The number of para-hydroxylation sites is 1. The number of hydrogen-bond acceptors (Lipinski definition) is 3. The minimum Gasteiger partial charge on any atom is -0.490 e. The summed E-state index contributed by atoms with van der Waals surface area (Å²) in [5, 5.41) is 12.3. The number of urea groups is 1. The van der Waals surface area contributed by atoms with Crippen LogP contribution in [0.1, 0.15) is 37.3 Å². The van der Waals surface area contributed by atoms with E-state index in [2.05, 4.69) is 5.32 Å². The van der Waals surface area contributed by atoms with Gasteiger partial charge < -0.3 is 20.1 Å². The number of hydrogen-bond donors (Lipinski definition) is 2. The van der Waals surface area contributed by atoms with Crippen LogP contribution in [0.5, 0.6) is 5.75 Å². The molecule has 2 aliphatic heterocycles. The third-order valence-electron chi connectivity index (χ3n) is 4.40. The minimum atomic E-state index is -0.395. The van der Waals surface area contributed by atoms with Crippen LogP contribution in [0.25, 0.3) is 0 Å². The van der Waals surface area contributed by atoms with Gasteiger partial charge in [0.05, 0.1) is 25.3 Å². The maximum absolute atomic E-state index is 13.9. The van der Waals surface area contributed by atoms with Crippen LogP contribution in [-0.2, 0) is 0 Å². The summed E-state index contributed by atoms with van der Waals surface area (Å²) in [6.45, 7) is 1.08. The van der Waals surface area contributed by atoms with E-state index in [1.54, 1.807) is 17.0 Å². The Bertz CT molecular complexity index is 552. The van der Waals surface area contributed by atoms with E-state index in [0.717, 1.165) is 19.3 Å². The molecule has 22 heavy (non-hydrogen) atoms. The third-order valence-corrected chi connectivity index (χ3v) is 4.40. The molecule has 0 bridgehead atoms. The first kappa shape index (κ1) is 15.1. The van der Waals surface area contributed by atoms with Crippen LogP contribution in [-0.4, -0.2) is 41.8 Å². The van der Waals surface area contributed by atoms with Crippen molar-refractivity contribution in [2.45, 2.75) is 37.8 Å². The van der Waals surface area contributed by atoms with Crippen LogP contribution >= 0.6 is 0 Å². The molecule has 0 aromatic heterocycles. The van der Waals surface area contributed by atoms with E-state index in [-0.39, 0.29) is 30.5 Å². The number of carbonyl (C=O) groups excluding carboxylic acids is 1. The number of halogens is 1. The summed E-state index contributed by atoms with van der Waals surface area (Å²) >= 11 is 0.